The molecule has 0 radical (unpaired) electrons. The zero-order valence-electron chi connectivity index (χ0n) is 14.4. The van der Waals surface area contributed by atoms with Crippen molar-refractivity contribution in [1.29, 1.82) is 0 Å². The summed E-state index contributed by atoms with van der Waals surface area (Å²) in [5, 5.41) is 15.5. The molecule has 1 aromatic rings. The molecule has 3 amide bonds. The van der Waals surface area contributed by atoms with Crippen LogP contribution >= 0.6 is 0 Å². The summed E-state index contributed by atoms with van der Waals surface area (Å²) >= 11 is 0. The number of carboxylic acid groups (broad SMARTS) is 1. The zero-order valence-corrected chi connectivity index (χ0v) is 14.4. The van der Waals surface area contributed by atoms with Gasteiger partial charge in [0, 0.05) is 50.9 Å². The first kappa shape index (κ1) is 16.8. The minimum absolute atomic E-state index is 0.0278. The van der Waals surface area contributed by atoms with Crippen LogP contribution in [-0.2, 0) is 16.0 Å². The van der Waals surface area contributed by atoms with E-state index in [1.165, 1.54) is 0 Å². The van der Waals surface area contributed by atoms with Gasteiger partial charge in [0.2, 0.25) is 5.91 Å². The second kappa shape index (κ2) is 6.28. The largest absolute Gasteiger partial charge is 0.481 e. The maximum Gasteiger partial charge on any atom is 0.321 e. The maximum absolute atomic E-state index is 12.6. The molecule has 3 aliphatic rings. The number of carboxylic acids is 1. The summed E-state index contributed by atoms with van der Waals surface area (Å²) in [5.41, 5.74) is 0.823. The number of anilines is 1. The Morgan fingerprint density at radius 3 is 2.65 bits per heavy atom. The molecule has 3 aliphatic heterocycles. The van der Waals surface area contributed by atoms with Crippen LogP contribution in [0, 0.1) is 11.3 Å². The van der Waals surface area contributed by atoms with E-state index in [2.05, 4.69) is 10.6 Å². The molecular weight excluding hydrogens is 336 g/mol. The third-order valence-electron chi connectivity index (χ3n) is 5.77. The Balaban J connectivity index is 1.41. The number of carbonyl (C=O) groups excluding carboxylic acids is 2. The molecule has 0 spiro atoms. The molecule has 2 atom stereocenters. The molecule has 3 N–H and O–H groups in total. The summed E-state index contributed by atoms with van der Waals surface area (Å²) in [4.78, 5) is 39.4. The van der Waals surface area contributed by atoms with Crippen molar-refractivity contribution in [2.24, 2.45) is 11.3 Å². The van der Waals surface area contributed by atoms with Crippen molar-refractivity contribution in [3.05, 3.63) is 29.8 Å². The van der Waals surface area contributed by atoms with Gasteiger partial charge in [-0.15, -0.1) is 0 Å². The van der Waals surface area contributed by atoms with Crippen molar-refractivity contribution in [2.45, 2.75) is 6.42 Å². The van der Waals surface area contributed by atoms with Crippen LogP contribution in [0.25, 0.3) is 0 Å². The van der Waals surface area contributed by atoms with Crippen LogP contribution in [0.4, 0.5) is 10.5 Å². The van der Waals surface area contributed by atoms with Crippen molar-refractivity contribution >= 4 is 23.6 Å². The van der Waals surface area contributed by atoms with Crippen molar-refractivity contribution < 1.29 is 19.5 Å². The fourth-order valence-corrected chi connectivity index (χ4v) is 4.21. The summed E-state index contributed by atoms with van der Waals surface area (Å²) in [5.74, 6) is -0.900. The molecule has 0 aliphatic carbocycles. The third-order valence-corrected chi connectivity index (χ3v) is 5.77. The standard InChI is InChI=1S/C18H22N4O4/c23-15(21-9-13-8-19-10-18(13,11-21)16(24)25)7-12-1-3-14(4-2-12)22-6-5-20-17(22)26/h1-4,13,19H,5-11H2,(H,20,26)(H,24,25)/t13-,18-/m1/s1. The number of nitrogens with one attached hydrogen (secondary N) is 2. The smallest absolute Gasteiger partial charge is 0.321 e. The van der Waals surface area contributed by atoms with Crippen LogP contribution in [0.1, 0.15) is 5.56 Å². The average Bonchev–Trinajstić information content (AvgIpc) is 3.29. The Bertz CT molecular complexity index is 750. The van der Waals surface area contributed by atoms with Crippen LogP contribution in [0.3, 0.4) is 0 Å². The fourth-order valence-electron chi connectivity index (χ4n) is 4.21. The average molecular weight is 358 g/mol. The van der Waals surface area contributed by atoms with Crippen molar-refractivity contribution in [3.8, 4) is 0 Å². The summed E-state index contributed by atoms with van der Waals surface area (Å²) in [6, 6.07) is 7.28. The first-order chi connectivity index (χ1) is 12.5. The molecule has 0 unspecified atom stereocenters. The van der Waals surface area contributed by atoms with Gasteiger partial charge in [-0.05, 0) is 17.7 Å². The zero-order chi connectivity index (χ0) is 18.3. The van der Waals surface area contributed by atoms with E-state index < -0.39 is 11.4 Å². The molecule has 8 nitrogen and oxygen atoms in total. The van der Waals surface area contributed by atoms with Gasteiger partial charge in [-0.25, -0.2) is 4.79 Å². The number of fused-ring (bicyclic) bond motifs is 1. The predicted molar refractivity (Wildman–Crippen MR) is 93.9 cm³/mol. The van der Waals surface area contributed by atoms with Gasteiger partial charge >= 0.3 is 12.0 Å². The third kappa shape index (κ3) is 2.70. The quantitative estimate of drug-likeness (QED) is 0.697. The maximum atomic E-state index is 12.6. The Kier molecular flexibility index (Phi) is 4.07. The van der Waals surface area contributed by atoms with Crippen LogP contribution in [0.5, 0.6) is 0 Å². The van der Waals surface area contributed by atoms with E-state index in [0.29, 0.717) is 32.7 Å². The Morgan fingerprint density at radius 1 is 1.27 bits per heavy atom. The first-order valence-corrected chi connectivity index (χ1v) is 8.86. The van der Waals surface area contributed by atoms with Crippen LogP contribution < -0.4 is 15.5 Å². The molecule has 4 rings (SSSR count). The Morgan fingerprint density at radius 2 is 2.04 bits per heavy atom. The molecule has 0 bridgehead atoms. The molecule has 0 saturated carbocycles. The summed E-state index contributed by atoms with van der Waals surface area (Å²) in [7, 11) is 0. The van der Waals surface area contributed by atoms with Gasteiger partial charge in [-0.3, -0.25) is 14.5 Å². The SMILES string of the molecule is O=C(Cc1ccc(N2CCNC2=O)cc1)N1C[C@H]2CNC[C@@]2(C(=O)O)C1. The summed E-state index contributed by atoms with van der Waals surface area (Å²) < 4.78 is 0. The topological polar surface area (TPSA) is 102 Å². The monoisotopic (exact) mass is 358 g/mol. The second-order valence-corrected chi connectivity index (χ2v) is 7.29. The minimum atomic E-state index is -0.845. The second-order valence-electron chi connectivity index (χ2n) is 7.29. The molecule has 138 valence electrons. The number of hydrogen-bond donors (Lipinski definition) is 3. The van der Waals surface area contributed by atoms with Crippen LogP contribution in [-0.4, -0.2) is 67.2 Å². The number of aliphatic carboxylic acids is 1. The lowest BCUT2D eigenvalue weighted by molar-refractivity contribution is -0.148. The lowest BCUT2D eigenvalue weighted by Crippen LogP contribution is -2.41. The lowest BCUT2D eigenvalue weighted by Gasteiger charge is -2.22. The Hall–Kier alpha value is -2.61. The van der Waals surface area contributed by atoms with Crippen LogP contribution in [0.2, 0.25) is 0 Å². The van der Waals surface area contributed by atoms with E-state index in [1.807, 2.05) is 24.3 Å². The number of urea groups is 1. The number of likely N-dealkylation sites (tertiary alicyclic amines) is 1. The van der Waals surface area contributed by atoms with E-state index in [1.54, 1.807) is 9.80 Å². The number of amides is 3. The lowest BCUT2D eigenvalue weighted by atomic mass is 9.81. The highest BCUT2D eigenvalue weighted by Crippen LogP contribution is 2.39. The minimum Gasteiger partial charge on any atom is -0.481 e. The van der Waals surface area contributed by atoms with Gasteiger partial charge in [-0.2, -0.15) is 0 Å². The molecule has 3 fully saturated rings. The Labute approximate surface area is 151 Å². The van der Waals surface area contributed by atoms with Gasteiger partial charge in [0.05, 0.1) is 6.42 Å². The number of benzene rings is 1. The molecule has 3 heterocycles. The van der Waals surface area contributed by atoms with Gasteiger partial charge in [0.1, 0.15) is 5.41 Å². The first-order valence-electron chi connectivity index (χ1n) is 8.86. The van der Waals surface area contributed by atoms with Crippen LogP contribution in [0.15, 0.2) is 24.3 Å². The van der Waals surface area contributed by atoms with Gasteiger partial charge in [0.15, 0.2) is 0 Å². The summed E-state index contributed by atoms with van der Waals surface area (Å²) in [6.07, 6.45) is 0.238. The number of rotatable bonds is 4. The fraction of sp³-hybridized carbons (Fsp3) is 0.500. The molecule has 8 heteroatoms. The molecule has 26 heavy (non-hydrogen) atoms. The number of hydrogen-bond acceptors (Lipinski definition) is 4. The summed E-state index contributed by atoms with van der Waals surface area (Å²) in [6.45, 7) is 3.09. The highest BCUT2D eigenvalue weighted by molar-refractivity contribution is 5.94. The van der Waals surface area contributed by atoms with E-state index in [-0.39, 0.29) is 30.8 Å². The van der Waals surface area contributed by atoms with Gasteiger partial charge in [0.25, 0.3) is 0 Å². The van der Waals surface area contributed by atoms with E-state index in [9.17, 15) is 19.5 Å². The van der Waals surface area contributed by atoms with Crippen molar-refractivity contribution in [2.75, 3.05) is 44.2 Å². The highest BCUT2D eigenvalue weighted by atomic mass is 16.4. The van der Waals surface area contributed by atoms with E-state index >= 15 is 0 Å². The molecule has 1 aromatic carbocycles. The molecule has 3 saturated heterocycles. The molecule has 0 aromatic heterocycles. The number of nitrogens with zero attached hydrogens (tertiary/aromatic N) is 2. The predicted octanol–water partition coefficient (Wildman–Crippen LogP) is -0.109. The molecular formula is C18H22N4O4. The van der Waals surface area contributed by atoms with Crippen molar-refractivity contribution in [1.82, 2.24) is 15.5 Å². The van der Waals surface area contributed by atoms with Gasteiger partial charge in [-0.1, -0.05) is 12.1 Å². The van der Waals surface area contributed by atoms with Gasteiger partial charge < -0.3 is 20.6 Å². The normalized spacial score (nSPS) is 27.5. The van der Waals surface area contributed by atoms with E-state index in [4.69, 9.17) is 0 Å². The number of carbonyl (C=O) groups is 3. The van der Waals surface area contributed by atoms with Crippen molar-refractivity contribution in [3.63, 3.8) is 0 Å². The van der Waals surface area contributed by atoms with E-state index in [0.717, 1.165) is 11.3 Å². The highest BCUT2D eigenvalue weighted by Gasteiger charge is 2.56.